The van der Waals surface area contributed by atoms with Crippen molar-refractivity contribution in [2.45, 2.75) is 26.3 Å². The van der Waals surface area contributed by atoms with Crippen LogP contribution in [-0.4, -0.2) is 5.54 Å². The van der Waals surface area contributed by atoms with Crippen molar-refractivity contribution in [3.05, 3.63) is 35.4 Å². The van der Waals surface area contributed by atoms with Gasteiger partial charge in [0.2, 0.25) is 0 Å². The zero-order valence-corrected chi connectivity index (χ0v) is 8.39. The third-order valence-electron chi connectivity index (χ3n) is 2.35. The first-order chi connectivity index (χ1) is 6.07. The third kappa shape index (κ3) is 1.59. The van der Waals surface area contributed by atoms with Gasteiger partial charge in [-0.2, -0.15) is 0 Å². The number of nitrogens with one attached hydrogen (secondary N) is 1. The van der Waals surface area contributed by atoms with Gasteiger partial charge in [0, 0.05) is 5.69 Å². The van der Waals surface area contributed by atoms with Crippen molar-refractivity contribution in [3.8, 4) is 0 Å². The Morgan fingerprint density at radius 1 is 1.23 bits per heavy atom. The van der Waals surface area contributed by atoms with Gasteiger partial charge in [0.05, 0.1) is 5.54 Å². The van der Waals surface area contributed by atoms with Crippen LogP contribution in [0.25, 0.3) is 6.08 Å². The highest BCUT2D eigenvalue weighted by Crippen LogP contribution is 2.28. The maximum atomic E-state index is 3.49. The number of hydrogen-bond donors (Lipinski definition) is 1. The molecule has 68 valence electrons. The molecule has 0 unspecified atom stereocenters. The van der Waals surface area contributed by atoms with E-state index in [0.29, 0.717) is 0 Å². The Bertz CT molecular complexity index is 361. The van der Waals surface area contributed by atoms with Crippen LogP contribution in [0.1, 0.15) is 25.0 Å². The lowest BCUT2D eigenvalue weighted by atomic mass is 9.96. The Labute approximate surface area is 79.5 Å². The summed E-state index contributed by atoms with van der Waals surface area (Å²) in [6.45, 7) is 6.47. The lowest BCUT2D eigenvalue weighted by Crippen LogP contribution is -2.30. The molecule has 1 aliphatic heterocycles. The lowest BCUT2D eigenvalue weighted by Gasteiger charge is -2.29. The van der Waals surface area contributed by atoms with Crippen LogP contribution >= 0.6 is 0 Å². The summed E-state index contributed by atoms with van der Waals surface area (Å²) in [5.41, 5.74) is 3.91. The summed E-state index contributed by atoms with van der Waals surface area (Å²) < 4.78 is 0. The van der Waals surface area contributed by atoms with E-state index >= 15 is 0 Å². The molecule has 0 saturated carbocycles. The number of fused-ring (bicyclic) bond motifs is 1. The zero-order valence-electron chi connectivity index (χ0n) is 8.39. The Hall–Kier alpha value is -1.24. The van der Waals surface area contributed by atoms with Crippen molar-refractivity contribution in [1.29, 1.82) is 0 Å². The average molecular weight is 173 g/mol. The van der Waals surface area contributed by atoms with Gasteiger partial charge >= 0.3 is 0 Å². The van der Waals surface area contributed by atoms with Crippen LogP contribution in [0.3, 0.4) is 0 Å². The summed E-state index contributed by atoms with van der Waals surface area (Å²) >= 11 is 0. The molecule has 1 nitrogen and oxygen atoms in total. The van der Waals surface area contributed by atoms with Crippen molar-refractivity contribution in [1.82, 2.24) is 0 Å². The largest absolute Gasteiger partial charge is 0.376 e. The number of benzene rings is 1. The van der Waals surface area contributed by atoms with Crippen molar-refractivity contribution in [3.63, 3.8) is 0 Å². The van der Waals surface area contributed by atoms with E-state index in [9.17, 15) is 0 Å². The summed E-state index contributed by atoms with van der Waals surface area (Å²) in [5.74, 6) is 0. The molecule has 0 spiro atoms. The fourth-order valence-corrected chi connectivity index (χ4v) is 1.61. The number of anilines is 1. The first-order valence-electron chi connectivity index (χ1n) is 4.65. The van der Waals surface area contributed by atoms with E-state index in [-0.39, 0.29) is 5.54 Å². The predicted octanol–water partition coefficient (Wildman–Crippen LogP) is 3.21. The van der Waals surface area contributed by atoms with Crippen LogP contribution in [0, 0.1) is 6.92 Å². The standard InChI is InChI=1S/C12H15N/c1-9-4-5-10-6-7-12(2,3)13-11(10)8-9/h4-8,13H,1-3H3. The summed E-state index contributed by atoms with van der Waals surface area (Å²) in [4.78, 5) is 0. The van der Waals surface area contributed by atoms with Crippen LogP contribution in [-0.2, 0) is 0 Å². The topological polar surface area (TPSA) is 12.0 Å². The molecular formula is C12H15N. The fraction of sp³-hybridized carbons (Fsp3) is 0.333. The van der Waals surface area contributed by atoms with Crippen molar-refractivity contribution in [2.75, 3.05) is 5.32 Å². The quantitative estimate of drug-likeness (QED) is 0.635. The Morgan fingerprint density at radius 2 is 2.00 bits per heavy atom. The van der Waals surface area contributed by atoms with Gasteiger partial charge in [-0.25, -0.2) is 0 Å². The van der Waals surface area contributed by atoms with Gasteiger partial charge in [0.25, 0.3) is 0 Å². The van der Waals surface area contributed by atoms with E-state index < -0.39 is 0 Å². The molecule has 0 saturated heterocycles. The lowest BCUT2D eigenvalue weighted by molar-refractivity contribution is 0.711. The summed E-state index contributed by atoms with van der Waals surface area (Å²) in [7, 11) is 0. The smallest absolute Gasteiger partial charge is 0.0503 e. The molecular weight excluding hydrogens is 158 g/mol. The molecule has 0 aromatic heterocycles. The molecule has 1 aliphatic rings. The molecule has 1 N–H and O–H groups in total. The molecule has 0 aliphatic carbocycles. The first kappa shape index (κ1) is 8.36. The van der Waals surface area contributed by atoms with Crippen LogP contribution in [0.2, 0.25) is 0 Å². The molecule has 0 bridgehead atoms. The van der Waals surface area contributed by atoms with Gasteiger partial charge in [-0.15, -0.1) is 0 Å². The van der Waals surface area contributed by atoms with Gasteiger partial charge in [-0.05, 0) is 38.0 Å². The van der Waals surface area contributed by atoms with Gasteiger partial charge in [0.1, 0.15) is 0 Å². The van der Waals surface area contributed by atoms with Crippen LogP contribution in [0.15, 0.2) is 24.3 Å². The molecule has 1 aromatic rings. The summed E-state index contributed by atoms with van der Waals surface area (Å²) in [6.07, 6.45) is 4.38. The highest BCUT2D eigenvalue weighted by atomic mass is 15.0. The highest BCUT2D eigenvalue weighted by molar-refractivity contribution is 5.72. The van der Waals surface area contributed by atoms with E-state index in [1.807, 2.05) is 0 Å². The maximum Gasteiger partial charge on any atom is 0.0503 e. The monoisotopic (exact) mass is 173 g/mol. The Kier molecular flexibility index (Phi) is 1.69. The number of rotatable bonds is 0. The average Bonchev–Trinajstić information content (AvgIpc) is 2.01. The minimum Gasteiger partial charge on any atom is -0.376 e. The minimum absolute atomic E-state index is 0.0841. The maximum absolute atomic E-state index is 3.49. The van der Waals surface area contributed by atoms with Gasteiger partial charge in [-0.3, -0.25) is 0 Å². The predicted molar refractivity (Wildman–Crippen MR) is 57.9 cm³/mol. The molecule has 1 aromatic carbocycles. The van der Waals surface area contributed by atoms with E-state index in [0.717, 1.165) is 0 Å². The van der Waals surface area contributed by atoms with Crippen molar-refractivity contribution >= 4 is 11.8 Å². The number of aryl methyl sites for hydroxylation is 1. The fourth-order valence-electron chi connectivity index (χ4n) is 1.61. The zero-order chi connectivity index (χ0) is 9.47. The summed E-state index contributed by atoms with van der Waals surface area (Å²) in [5, 5.41) is 3.49. The molecule has 1 heteroatoms. The second kappa shape index (κ2) is 2.63. The van der Waals surface area contributed by atoms with E-state index in [4.69, 9.17) is 0 Å². The van der Waals surface area contributed by atoms with Gasteiger partial charge < -0.3 is 5.32 Å². The van der Waals surface area contributed by atoms with E-state index in [1.165, 1.54) is 16.8 Å². The van der Waals surface area contributed by atoms with E-state index in [1.54, 1.807) is 0 Å². The van der Waals surface area contributed by atoms with E-state index in [2.05, 4.69) is 56.4 Å². The Morgan fingerprint density at radius 3 is 2.77 bits per heavy atom. The minimum atomic E-state index is 0.0841. The normalized spacial score (nSPS) is 17.8. The molecule has 0 amide bonds. The molecule has 0 atom stereocenters. The van der Waals surface area contributed by atoms with Crippen molar-refractivity contribution in [2.24, 2.45) is 0 Å². The molecule has 13 heavy (non-hydrogen) atoms. The van der Waals surface area contributed by atoms with Crippen LogP contribution in [0.5, 0.6) is 0 Å². The molecule has 0 radical (unpaired) electrons. The second-order valence-electron chi connectivity index (χ2n) is 4.27. The SMILES string of the molecule is Cc1ccc2c(c1)NC(C)(C)C=C2. The summed E-state index contributed by atoms with van der Waals surface area (Å²) in [6, 6.07) is 6.49. The molecule has 2 rings (SSSR count). The highest BCUT2D eigenvalue weighted by Gasteiger charge is 2.18. The van der Waals surface area contributed by atoms with Crippen LogP contribution < -0.4 is 5.32 Å². The Balaban J connectivity index is 2.48. The van der Waals surface area contributed by atoms with Crippen molar-refractivity contribution < 1.29 is 0 Å². The third-order valence-corrected chi connectivity index (χ3v) is 2.35. The molecule has 1 heterocycles. The van der Waals surface area contributed by atoms with Crippen LogP contribution in [0.4, 0.5) is 5.69 Å². The second-order valence-corrected chi connectivity index (χ2v) is 4.27. The van der Waals surface area contributed by atoms with Gasteiger partial charge in [-0.1, -0.05) is 24.3 Å². The van der Waals surface area contributed by atoms with Gasteiger partial charge in [0.15, 0.2) is 0 Å². The first-order valence-corrected chi connectivity index (χ1v) is 4.65. The number of hydrogen-bond acceptors (Lipinski definition) is 1. The molecule has 0 fully saturated rings.